The molecule has 2 heterocycles. The summed E-state index contributed by atoms with van der Waals surface area (Å²) in [6.45, 7) is 5.26. The van der Waals surface area contributed by atoms with Crippen LogP contribution in [0, 0.1) is 6.92 Å². The van der Waals surface area contributed by atoms with Crippen molar-refractivity contribution >= 4 is 28.3 Å². The highest BCUT2D eigenvalue weighted by Crippen LogP contribution is 2.38. The molecule has 2 aromatic heterocycles. The van der Waals surface area contributed by atoms with Crippen molar-refractivity contribution in [2.75, 3.05) is 11.9 Å². The summed E-state index contributed by atoms with van der Waals surface area (Å²) in [5, 5.41) is 7.26. The molecule has 1 saturated carbocycles. The van der Waals surface area contributed by atoms with Gasteiger partial charge in [0, 0.05) is 12.0 Å². The Labute approximate surface area is 154 Å². The number of aromatic nitrogens is 3. The standard InChI is InChI=1S/C17H20N4O4S/c1-4-25-16(24)14-9(2)18-17(26-14)19-15(23)10(3)21-13(22)8-7-12(20-21)11-5-6-11/h7-8,10-11H,4-6H2,1-3H3,(H,18,19,23). The van der Waals surface area contributed by atoms with Gasteiger partial charge >= 0.3 is 5.97 Å². The van der Waals surface area contributed by atoms with Crippen molar-refractivity contribution in [2.45, 2.75) is 45.6 Å². The Balaban J connectivity index is 1.76. The largest absolute Gasteiger partial charge is 0.462 e. The Morgan fingerprint density at radius 3 is 2.81 bits per heavy atom. The number of aryl methyl sites for hydroxylation is 1. The number of nitrogens with one attached hydrogen (secondary N) is 1. The predicted octanol–water partition coefficient (Wildman–Crippen LogP) is 2.26. The van der Waals surface area contributed by atoms with Gasteiger partial charge in [-0.15, -0.1) is 0 Å². The van der Waals surface area contributed by atoms with Gasteiger partial charge in [0.15, 0.2) is 5.13 Å². The fourth-order valence-electron chi connectivity index (χ4n) is 2.47. The van der Waals surface area contributed by atoms with Crippen molar-refractivity contribution in [1.29, 1.82) is 0 Å². The average Bonchev–Trinajstić information content (AvgIpc) is 3.38. The summed E-state index contributed by atoms with van der Waals surface area (Å²) >= 11 is 1.05. The van der Waals surface area contributed by atoms with Crippen LogP contribution in [0.3, 0.4) is 0 Å². The maximum atomic E-state index is 12.5. The molecule has 1 aliphatic rings. The minimum Gasteiger partial charge on any atom is -0.462 e. The van der Waals surface area contributed by atoms with Gasteiger partial charge in [-0.1, -0.05) is 11.3 Å². The Hall–Kier alpha value is -2.55. The highest BCUT2D eigenvalue weighted by molar-refractivity contribution is 7.17. The Morgan fingerprint density at radius 2 is 2.15 bits per heavy atom. The molecule has 0 saturated heterocycles. The molecular weight excluding hydrogens is 356 g/mol. The summed E-state index contributed by atoms with van der Waals surface area (Å²) in [6, 6.07) is 2.37. The molecule has 1 amide bonds. The lowest BCUT2D eigenvalue weighted by Gasteiger charge is -2.13. The number of esters is 1. The van der Waals surface area contributed by atoms with Crippen LogP contribution in [0.2, 0.25) is 0 Å². The van der Waals surface area contributed by atoms with Crippen LogP contribution in [0.1, 0.15) is 59.7 Å². The van der Waals surface area contributed by atoms with Crippen molar-refractivity contribution in [3.8, 4) is 0 Å². The Bertz CT molecular complexity index is 900. The van der Waals surface area contributed by atoms with E-state index in [1.807, 2.05) is 0 Å². The van der Waals surface area contributed by atoms with Gasteiger partial charge in [0.1, 0.15) is 10.9 Å². The number of carbonyl (C=O) groups is 2. The van der Waals surface area contributed by atoms with E-state index in [1.54, 1.807) is 26.8 Å². The fraction of sp³-hybridized carbons (Fsp3) is 0.471. The second kappa shape index (κ2) is 7.36. The van der Waals surface area contributed by atoms with E-state index in [4.69, 9.17) is 4.74 Å². The first-order chi connectivity index (χ1) is 12.4. The number of rotatable bonds is 6. The lowest BCUT2D eigenvalue weighted by atomic mass is 10.2. The van der Waals surface area contributed by atoms with Crippen LogP contribution in [0.5, 0.6) is 0 Å². The summed E-state index contributed by atoms with van der Waals surface area (Å²) in [5.74, 6) is -0.506. The van der Waals surface area contributed by atoms with Gasteiger partial charge in [-0.25, -0.2) is 14.5 Å². The number of hydrogen-bond donors (Lipinski definition) is 1. The molecule has 26 heavy (non-hydrogen) atoms. The van der Waals surface area contributed by atoms with E-state index in [1.165, 1.54) is 10.7 Å². The van der Waals surface area contributed by atoms with Crippen LogP contribution in [-0.2, 0) is 9.53 Å². The molecule has 0 aromatic carbocycles. The summed E-state index contributed by atoms with van der Waals surface area (Å²) in [4.78, 5) is 41.0. The van der Waals surface area contributed by atoms with Gasteiger partial charge in [-0.2, -0.15) is 5.10 Å². The zero-order valence-electron chi connectivity index (χ0n) is 14.8. The number of hydrogen-bond acceptors (Lipinski definition) is 7. The minimum atomic E-state index is -0.795. The van der Waals surface area contributed by atoms with Crippen LogP contribution in [0.15, 0.2) is 16.9 Å². The molecule has 0 bridgehead atoms. The second-order valence-electron chi connectivity index (χ2n) is 6.13. The van der Waals surface area contributed by atoms with Crippen LogP contribution in [0.25, 0.3) is 0 Å². The van der Waals surface area contributed by atoms with Crippen molar-refractivity contribution < 1.29 is 14.3 Å². The predicted molar refractivity (Wildman–Crippen MR) is 96.6 cm³/mol. The van der Waals surface area contributed by atoms with E-state index in [2.05, 4.69) is 15.4 Å². The molecule has 138 valence electrons. The molecule has 1 N–H and O–H groups in total. The van der Waals surface area contributed by atoms with E-state index >= 15 is 0 Å². The van der Waals surface area contributed by atoms with E-state index in [9.17, 15) is 14.4 Å². The van der Waals surface area contributed by atoms with Gasteiger partial charge < -0.3 is 10.1 Å². The van der Waals surface area contributed by atoms with Crippen LogP contribution >= 0.6 is 11.3 Å². The van der Waals surface area contributed by atoms with Crippen molar-refractivity contribution in [3.05, 3.63) is 38.8 Å². The maximum Gasteiger partial charge on any atom is 0.350 e. The van der Waals surface area contributed by atoms with Gasteiger partial charge in [-0.3, -0.25) is 9.59 Å². The number of ether oxygens (including phenoxy) is 1. The average molecular weight is 376 g/mol. The third-order valence-corrected chi connectivity index (χ3v) is 5.13. The zero-order valence-corrected chi connectivity index (χ0v) is 15.6. The number of anilines is 1. The van der Waals surface area contributed by atoms with E-state index in [-0.39, 0.29) is 17.3 Å². The Kier molecular flexibility index (Phi) is 5.17. The molecule has 0 radical (unpaired) electrons. The summed E-state index contributed by atoms with van der Waals surface area (Å²) < 4.78 is 6.15. The summed E-state index contributed by atoms with van der Waals surface area (Å²) in [6.07, 6.45) is 2.11. The highest BCUT2D eigenvalue weighted by atomic mass is 32.1. The van der Waals surface area contributed by atoms with Crippen molar-refractivity contribution in [2.24, 2.45) is 0 Å². The fourth-order valence-corrected chi connectivity index (χ4v) is 3.33. The number of nitrogens with zero attached hydrogens (tertiary/aromatic N) is 3. The quantitative estimate of drug-likeness (QED) is 0.776. The lowest BCUT2D eigenvalue weighted by molar-refractivity contribution is -0.119. The van der Waals surface area contributed by atoms with Crippen LogP contribution in [0.4, 0.5) is 5.13 Å². The van der Waals surface area contributed by atoms with Gasteiger partial charge in [0.25, 0.3) is 11.5 Å². The first-order valence-electron chi connectivity index (χ1n) is 8.46. The molecule has 2 aromatic rings. The molecule has 0 spiro atoms. The first-order valence-corrected chi connectivity index (χ1v) is 9.27. The highest BCUT2D eigenvalue weighted by Gasteiger charge is 2.27. The maximum absolute atomic E-state index is 12.5. The third-order valence-electron chi connectivity index (χ3n) is 4.08. The number of amides is 1. The molecule has 3 rings (SSSR count). The van der Waals surface area contributed by atoms with E-state index < -0.39 is 17.9 Å². The molecule has 0 aliphatic heterocycles. The van der Waals surface area contributed by atoms with Gasteiger partial charge in [0.2, 0.25) is 0 Å². The normalized spacial score (nSPS) is 14.7. The lowest BCUT2D eigenvalue weighted by Crippen LogP contribution is -2.33. The van der Waals surface area contributed by atoms with Gasteiger partial charge in [-0.05, 0) is 39.7 Å². The van der Waals surface area contributed by atoms with E-state index in [0.29, 0.717) is 16.5 Å². The monoisotopic (exact) mass is 376 g/mol. The molecule has 1 aliphatic carbocycles. The zero-order chi connectivity index (χ0) is 18.8. The topological polar surface area (TPSA) is 103 Å². The third kappa shape index (κ3) is 3.82. The second-order valence-corrected chi connectivity index (χ2v) is 7.13. The summed E-state index contributed by atoms with van der Waals surface area (Å²) in [5.41, 5.74) is 0.987. The molecule has 1 unspecified atom stereocenters. The molecule has 1 atom stereocenters. The first kappa shape index (κ1) is 18.2. The van der Waals surface area contributed by atoms with E-state index in [0.717, 1.165) is 29.9 Å². The SMILES string of the molecule is CCOC(=O)c1sc(NC(=O)C(C)n2nc(C3CC3)ccc2=O)nc1C. The summed E-state index contributed by atoms with van der Waals surface area (Å²) in [7, 11) is 0. The minimum absolute atomic E-state index is 0.265. The van der Waals surface area contributed by atoms with Crippen LogP contribution < -0.4 is 10.9 Å². The van der Waals surface area contributed by atoms with Crippen molar-refractivity contribution in [1.82, 2.24) is 14.8 Å². The van der Waals surface area contributed by atoms with Crippen molar-refractivity contribution in [3.63, 3.8) is 0 Å². The van der Waals surface area contributed by atoms with Crippen LogP contribution in [-0.4, -0.2) is 33.2 Å². The number of carbonyl (C=O) groups excluding carboxylic acids is 2. The number of thiazole rings is 1. The molecular formula is C17H20N4O4S. The van der Waals surface area contributed by atoms with Gasteiger partial charge in [0.05, 0.1) is 18.0 Å². The Morgan fingerprint density at radius 1 is 1.42 bits per heavy atom. The molecule has 9 heteroatoms. The molecule has 8 nitrogen and oxygen atoms in total. The molecule has 1 fully saturated rings. The smallest absolute Gasteiger partial charge is 0.350 e.